The molecule has 2 aromatic carbocycles. The summed E-state index contributed by atoms with van der Waals surface area (Å²) in [5.41, 5.74) is 0.782. The highest BCUT2D eigenvalue weighted by atomic mass is 35.5. The molecule has 1 atom stereocenters. The van der Waals surface area contributed by atoms with E-state index in [1.807, 2.05) is 36.4 Å². The largest absolute Gasteiger partial charge is 0.399 e. The Kier molecular flexibility index (Phi) is 3.95. The third kappa shape index (κ3) is 3.16. The topological polar surface area (TPSA) is 33.0 Å². The number of halogens is 1. The van der Waals surface area contributed by atoms with Crippen LogP contribution in [0, 0.1) is 11.3 Å². The quantitative estimate of drug-likeness (QED) is 0.752. The second-order valence-corrected chi connectivity index (χ2v) is 10.3. The van der Waals surface area contributed by atoms with Gasteiger partial charge in [0.05, 0.1) is 6.07 Å². The van der Waals surface area contributed by atoms with E-state index in [9.17, 15) is 5.26 Å². The SMILES string of the molecule is C[Si](C)(C)OC(C#N)c1c(Cl)ccc2ccccc12. The number of nitrogens with zero attached hydrogens (tertiary/aromatic N) is 1. The van der Waals surface area contributed by atoms with Crippen LogP contribution in [0.25, 0.3) is 10.8 Å². The van der Waals surface area contributed by atoms with Gasteiger partial charge >= 0.3 is 0 Å². The lowest BCUT2D eigenvalue weighted by Crippen LogP contribution is -2.27. The molecule has 0 bridgehead atoms. The Hall–Kier alpha value is -1.34. The predicted octanol–water partition coefficient (Wildman–Crippen LogP) is 4.91. The van der Waals surface area contributed by atoms with E-state index in [4.69, 9.17) is 16.0 Å². The van der Waals surface area contributed by atoms with Gasteiger partial charge in [-0.1, -0.05) is 41.9 Å². The summed E-state index contributed by atoms with van der Waals surface area (Å²) in [6, 6.07) is 13.9. The lowest BCUT2D eigenvalue weighted by Gasteiger charge is -2.23. The first kappa shape index (κ1) is 14.1. The van der Waals surface area contributed by atoms with Gasteiger partial charge in [-0.2, -0.15) is 5.26 Å². The van der Waals surface area contributed by atoms with E-state index >= 15 is 0 Å². The maximum atomic E-state index is 9.42. The average molecular weight is 290 g/mol. The molecule has 1 unspecified atom stereocenters. The molecule has 2 rings (SSSR count). The summed E-state index contributed by atoms with van der Waals surface area (Å²) in [5, 5.41) is 12.1. The van der Waals surface area contributed by atoms with Crippen molar-refractivity contribution in [3.63, 3.8) is 0 Å². The van der Waals surface area contributed by atoms with Crippen LogP contribution in [0.2, 0.25) is 24.7 Å². The highest BCUT2D eigenvalue weighted by molar-refractivity contribution is 6.69. The lowest BCUT2D eigenvalue weighted by molar-refractivity contribution is 0.256. The maximum Gasteiger partial charge on any atom is 0.186 e. The highest BCUT2D eigenvalue weighted by Crippen LogP contribution is 2.34. The van der Waals surface area contributed by atoms with Gasteiger partial charge in [-0.15, -0.1) is 0 Å². The van der Waals surface area contributed by atoms with Gasteiger partial charge in [0.25, 0.3) is 0 Å². The van der Waals surface area contributed by atoms with Crippen molar-refractivity contribution in [2.45, 2.75) is 25.7 Å². The van der Waals surface area contributed by atoms with E-state index in [0.29, 0.717) is 5.02 Å². The standard InChI is InChI=1S/C15H16ClNOSi/c1-19(2,3)18-14(10-17)15-12-7-5-4-6-11(12)8-9-13(15)16/h4-9,14H,1-3H3. The molecule has 0 aromatic heterocycles. The molecule has 19 heavy (non-hydrogen) atoms. The van der Waals surface area contributed by atoms with Crippen LogP contribution >= 0.6 is 11.6 Å². The normalized spacial score (nSPS) is 13.2. The molecule has 0 radical (unpaired) electrons. The fraction of sp³-hybridized carbons (Fsp3) is 0.267. The van der Waals surface area contributed by atoms with Crippen LogP contribution in [-0.2, 0) is 4.43 Å². The molecule has 2 nitrogen and oxygen atoms in total. The van der Waals surface area contributed by atoms with Gasteiger partial charge in [0, 0.05) is 10.6 Å². The molecule has 0 fully saturated rings. The van der Waals surface area contributed by atoms with Crippen LogP contribution in [-0.4, -0.2) is 8.32 Å². The summed E-state index contributed by atoms with van der Waals surface area (Å²) in [6.45, 7) is 6.20. The molecule has 0 amide bonds. The number of benzene rings is 2. The average Bonchev–Trinajstić information content (AvgIpc) is 2.35. The number of fused-ring (bicyclic) bond motifs is 1. The third-order valence-corrected chi connectivity index (χ3v) is 4.04. The Balaban J connectivity index is 2.60. The van der Waals surface area contributed by atoms with Gasteiger partial charge in [-0.05, 0) is 36.5 Å². The molecule has 0 spiro atoms. The summed E-state index contributed by atoms with van der Waals surface area (Å²) >= 11 is 6.29. The summed E-state index contributed by atoms with van der Waals surface area (Å²) in [6.07, 6.45) is -0.606. The summed E-state index contributed by atoms with van der Waals surface area (Å²) < 4.78 is 5.96. The first-order chi connectivity index (χ1) is 8.92. The number of hydrogen-bond acceptors (Lipinski definition) is 2. The molecular weight excluding hydrogens is 274 g/mol. The third-order valence-electron chi connectivity index (χ3n) is 2.77. The smallest absolute Gasteiger partial charge is 0.186 e. The van der Waals surface area contributed by atoms with Crippen molar-refractivity contribution in [2.75, 3.05) is 0 Å². The molecular formula is C15H16ClNOSi. The van der Waals surface area contributed by atoms with Crippen LogP contribution in [0.3, 0.4) is 0 Å². The molecule has 0 aliphatic rings. The predicted molar refractivity (Wildman–Crippen MR) is 81.7 cm³/mol. The van der Waals surface area contributed by atoms with Gasteiger partial charge in [0.15, 0.2) is 14.4 Å². The molecule has 0 heterocycles. The zero-order valence-corrected chi connectivity index (χ0v) is 13.0. The summed E-state index contributed by atoms with van der Waals surface area (Å²) in [4.78, 5) is 0. The fourth-order valence-corrected chi connectivity index (χ4v) is 3.18. The van der Waals surface area contributed by atoms with E-state index in [-0.39, 0.29) is 0 Å². The minimum absolute atomic E-state index is 0.587. The first-order valence-corrected chi connectivity index (χ1v) is 9.95. The van der Waals surface area contributed by atoms with E-state index in [1.165, 1.54) is 0 Å². The maximum absolute atomic E-state index is 9.42. The van der Waals surface area contributed by atoms with Gasteiger partial charge in [0.1, 0.15) is 0 Å². The first-order valence-electron chi connectivity index (χ1n) is 6.17. The molecule has 0 saturated heterocycles. The molecule has 4 heteroatoms. The van der Waals surface area contributed by atoms with Crippen molar-refractivity contribution < 1.29 is 4.43 Å². The van der Waals surface area contributed by atoms with Crippen molar-refractivity contribution >= 4 is 30.7 Å². The van der Waals surface area contributed by atoms with Crippen LogP contribution in [0.5, 0.6) is 0 Å². The van der Waals surface area contributed by atoms with Crippen molar-refractivity contribution in [1.29, 1.82) is 5.26 Å². The van der Waals surface area contributed by atoms with Crippen LogP contribution in [0.15, 0.2) is 36.4 Å². The Labute approximate surface area is 119 Å². The van der Waals surface area contributed by atoms with Crippen LogP contribution < -0.4 is 0 Å². The highest BCUT2D eigenvalue weighted by Gasteiger charge is 2.25. The number of rotatable bonds is 3. The van der Waals surface area contributed by atoms with Crippen molar-refractivity contribution in [1.82, 2.24) is 0 Å². The van der Waals surface area contributed by atoms with Crippen LogP contribution in [0.1, 0.15) is 11.7 Å². The molecule has 0 N–H and O–H groups in total. The van der Waals surface area contributed by atoms with Gasteiger partial charge in [0.2, 0.25) is 0 Å². The van der Waals surface area contributed by atoms with Gasteiger partial charge in [-0.25, -0.2) is 0 Å². The van der Waals surface area contributed by atoms with Gasteiger partial charge in [-0.3, -0.25) is 0 Å². The lowest BCUT2D eigenvalue weighted by atomic mass is 10.0. The minimum Gasteiger partial charge on any atom is -0.399 e. The second kappa shape index (κ2) is 5.34. The summed E-state index contributed by atoms with van der Waals surface area (Å²) in [5.74, 6) is 0. The monoisotopic (exact) mass is 289 g/mol. The number of nitriles is 1. The summed E-state index contributed by atoms with van der Waals surface area (Å²) in [7, 11) is -1.82. The van der Waals surface area contributed by atoms with E-state index < -0.39 is 14.4 Å². The zero-order chi connectivity index (χ0) is 14.0. The Morgan fingerprint density at radius 1 is 1.16 bits per heavy atom. The Bertz CT molecular complexity index is 643. The molecule has 98 valence electrons. The van der Waals surface area contributed by atoms with Crippen LogP contribution in [0.4, 0.5) is 0 Å². The van der Waals surface area contributed by atoms with Gasteiger partial charge < -0.3 is 4.43 Å². The molecule has 2 aromatic rings. The molecule has 0 aliphatic heterocycles. The Morgan fingerprint density at radius 3 is 2.47 bits per heavy atom. The Morgan fingerprint density at radius 2 is 1.84 bits per heavy atom. The minimum atomic E-state index is -1.82. The second-order valence-electron chi connectivity index (χ2n) is 5.42. The van der Waals surface area contributed by atoms with E-state index in [0.717, 1.165) is 16.3 Å². The molecule has 0 saturated carbocycles. The van der Waals surface area contributed by atoms with Crippen molar-refractivity contribution in [3.8, 4) is 6.07 Å². The van der Waals surface area contributed by atoms with E-state index in [2.05, 4.69) is 25.7 Å². The van der Waals surface area contributed by atoms with Crippen molar-refractivity contribution in [3.05, 3.63) is 47.0 Å². The zero-order valence-electron chi connectivity index (χ0n) is 11.3. The fourth-order valence-electron chi connectivity index (χ4n) is 2.04. The van der Waals surface area contributed by atoms with Crippen molar-refractivity contribution in [2.24, 2.45) is 0 Å². The van der Waals surface area contributed by atoms with E-state index in [1.54, 1.807) is 0 Å². The molecule has 0 aliphatic carbocycles. The number of hydrogen-bond donors (Lipinski definition) is 0.